The van der Waals surface area contributed by atoms with Crippen molar-refractivity contribution < 1.29 is 9.53 Å². The van der Waals surface area contributed by atoms with Crippen LogP contribution in [0.25, 0.3) is 0 Å². The number of carbonyl (C=O) groups excluding carboxylic acids is 1. The summed E-state index contributed by atoms with van der Waals surface area (Å²) in [7, 11) is 3.99. The van der Waals surface area contributed by atoms with Gasteiger partial charge in [0, 0.05) is 23.5 Å². The zero-order valence-electron chi connectivity index (χ0n) is 16.0. The van der Waals surface area contributed by atoms with Gasteiger partial charge in [0.2, 0.25) is 0 Å². The Morgan fingerprint density at radius 2 is 1.85 bits per heavy atom. The van der Waals surface area contributed by atoms with E-state index in [0.717, 1.165) is 24.4 Å². The topological polar surface area (TPSA) is 41.6 Å². The minimum atomic E-state index is -0.0873. The lowest BCUT2D eigenvalue weighted by Crippen LogP contribution is -2.45. The number of nitrogens with one attached hydrogen (secondary N) is 1. The van der Waals surface area contributed by atoms with Gasteiger partial charge in [0.1, 0.15) is 12.4 Å². The first-order chi connectivity index (χ1) is 13.0. The van der Waals surface area contributed by atoms with E-state index >= 15 is 0 Å². The van der Waals surface area contributed by atoms with Crippen LogP contribution in [0, 0.1) is 0 Å². The van der Waals surface area contributed by atoms with Crippen LogP contribution in [0.1, 0.15) is 35.2 Å². The van der Waals surface area contributed by atoms with Gasteiger partial charge in [0.25, 0.3) is 5.91 Å². The van der Waals surface area contributed by atoms with Gasteiger partial charge in [0.05, 0.1) is 5.56 Å². The van der Waals surface area contributed by atoms with Crippen molar-refractivity contribution in [1.29, 1.82) is 0 Å². The molecule has 3 rings (SSSR count). The molecule has 0 spiro atoms. The van der Waals surface area contributed by atoms with Crippen molar-refractivity contribution in [2.24, 2.45) is 0 Å². The molecule has 0 bridgehead atoms. The zero-order valence-corrected chi connectivity index (χ0v) is 16.8. The summed E-state index contributed by atoms with van der Waals surface area (Å²) >= 11 is 6.02. The van der Waals surface area contributed by atoms with Gasteiger partial charge in [-0.05, 0) is 56.8 Å². The van der Waals surface area contributed by atoms with Crippen LogP contribution in [-0.2, 0) is 5.41 Å². The van der Waals surface area contributed by atoms with E-state index in [1.54, 1.807) is 0 Å². The lowest BCUT2D eigenvalue weighted by Gasteiger charge is -2.42. The highest BCUT2D eigenvalue weighted by Gasteiger charge is 2.39. The molecule has 0 aliphatic heterocycles. The number of carbonyl (C=O) groups is 1. The van der Waals surface area contributed by atoms with E-state index in [-0.39, 0.29) is 11.3 Å². The fraction of sp³-hybridized carbons (Fsp3) is 0.409. The Kier molecular flexibility index (Phi) is 6.40. The third-order valence-corrected chi connectivity index (χ3v) is 5.53. The van der Waals surface area contributed by atoms with E-state index in [1.807, 2.05) is 50.5 Å². The number of nitrogens with zero attached hydrogens (tertiary/aromatic N) is 1. The van der Waals surface area contributed by atoms with Gasteiger partial charge in [-0.2, -0.15) is 0 Å². The molecule has 1 aliphatic rings. The maximum atomic E-state index is 12.8. The van der Waals surface area contributed by atoms with Gasteiger partial charge in [-0.25, -0.2) is 0 Å². The predicted octanol–water partition coefficient (Wildman–Crippen LogP) is 4.13. The summed E-state index contributed by atoms with van der Waals surface area (Å²) in [5.41, 5.74) is 1.84. The second-order valence-electron chi connectivity index (χ2n) is 7.47. The predicted molar refractivity (Wildman–Crippen MR) is 110 cm³/mol. The van der Waals surface area contributed by atoms with E-state index in [0.29, 0.717) is 24.5 Å². The quantitative estimate of drug-likeness (QED) is 0.741. The lowest BCUT2D eigenvalue weighted by atomic mass is 9.64. The third kappa shape index (κ3) is 4.82. The van der Waals surface area contributed by atoms with Crippen molar-refractivity contribution in [1.82, 2.24) is 10.2 Å². The van der Waals surface area contributed by atoms with Gasteiger partial charge < -0.3 is 15.0 Å². The summed E-state index contributed by atoms with van der Waals surface area (Å²) in [6, 6.07) is 15.4. The maximum Gasteiger partial charge on any atom is 0.255 e. The molecule has 144 valence electrons. The van der Waals surface area contributed by atoms with Crippen LogP contribution in [0.4, 0.5) is 0 Å². The second kappa shape index (κ2) is 8.77. The molecule has 1 aliphatic carbocycles. The van der Waals surface area contributed by atoms with Gasteiger partial charge in [-0.1, -0.05) is 42.3 Å². The normalized spacial score (nSPS) is 15.3. The molecule has 1 N–H and O–H groups in total. The Balaban J connectivity index is 1.66. The van der Waals surface area contributed by atoms with Crippen LogP contribution in [0.5, 0.6) is 5.75 Å². The van der Waals surface area contributed by atoms with Crippen LogP contribution in [0.15, 0.2) is 48.5 Å². The summed E-state index contributed by atoms with van der Waals surface area (Å²) in [6.07, 6.45) is 3.34. The average molecular weight is 387 g/mol. The second-order valence-corrected chi connectivity index (χ2v) is 7.91. The first-order valence-corrected chi connectivity index (χ1v) is 9.79. The Morgan fingerprint density at radius 3 is 2.48 bits per heavy atom. The number of amides is 1. The van der Waals surface area contributed by atoms with Gasteiger partial charge in [-0.3, -0.25) is 4.79 Å². The van der Waals surface area contributed by atoms with Crippen LogP contribution in [0.3, 0.4) is 0 Å². The zero-order chi connectivity index (χ0) is 19.3. The van der Waals surface area contributed by atoms with Crippen molar-refractivity contribution in [3.05, 3.63) is 64.7 Å². The number of ether oxygens (including phenoxy) is 1. The summed E-state index contributed by atoms with van der Waals surface area (Å²) < 4.78 is 5.82. The van der Waals surface area contributed by atoms with E-state index in [1.165, 1.54) is 12.0 Å². The fourth-order valence-electron chi connectivity index (χ4n) is 3.44. The van der Waals surface area contributed by atoms with Crippen molar-refractivity contribution >= 4 is 17.5 Å². The molecular formula is C22H27ClN2O2. The monoisotopic (exact) mass is 386 g/mol. The summed E-state index contributed by atoms with van der Waals surface area (Å²) in [6.45, 7) is 1.97. The standard InChI is InChI=1S/C22H27ClN2O2/c1-25(2)14-15-27-20-7-4-3-6-19(20)21(26)24-16-22(12-5-13-22)17-8-10-18(23)11-9-17/h3-4,6-11H,5,12-16H2,1-2H3,(H,24,26). The Labute approximate surface area is 166 Å². The molecule has 5 heteroatoms. The molecule has 1 saturated carbocycles. The smallest absolute Gasteiger partial charge is 0.255 e. The van der Waals surface area contributed by atoms with Gasteiger partial charge in [-0.15, -0.1) is 0 Å². The summed E-state index contributed by atoms with van der Waals surface area (Å²) in [5, 5.41) is 3.87. The molecule has 27 heavy (non-hydrogen) atoms. The molecular weight excluding hydrogens is 360 g/mol. The van der Waals surface area contributed by atoms with Crippen molar-refractivity contribution in [2.45, 2.75) is 24.7 Å². The number of halogens is 1. The minimum Gasteiger partial charge on any atom is -0.491 e. The van der Waals surface area contributed by atoms with Crippen molar-refractivity contribution in [3.8, 4) is 5.75 Å². The van der Waals surface area contributed by atoms with Crippen molar-refractivity contribution in [2.75, 3.05) is 33.8 Å². The third-order valence-electron chi connectivity index (χ3n) is 5.28. The molecule has 2 aromatic rings. The average Bonchev–Trinajstić information content (AvgIpc) is 2.62. The van der Waals surface area contributed by atoms with Crippen LogP contribution in [-0.4, -0.2) is 44.6 Å². The summed E-state index contributed by atoms with van der Waals surface area (Å²) in [4.78, 5) is 14.9. The number of likely N-dealkylation sites (N-methyl/N-ethyl adjacent to an activating group) is 1. The largest absolute Gasteiger partial charge is 0.491 e. The first kappa shape index (κ1) is 19.7. The molecule has 1 fully saturated rings. The maximum absolute atomic E-state index is 12.8. The molecule has 0 aromatic heterocycles. The van der Waals surface area contributed by atoms with Crippen LogP contribution >= 0.6 is 11.6 Å². The van der Waals surface area contributed by atoms with E-state index in [2.05, 4.69) is 22.3 Å². The highest BCUT2D eigenvalue weighted by atomic mass is 35.5. The lowest BCUT2D eigenvalue weighted by molar-refractivity contribution is 0.0923. The molecule has 0 unspecified atom stereocenters. The molecule has 0 saturated heterocycles. The number of rotatable bonds is 8. The molecule has 1 amide bonds. The van der Waals surface area contributed by atoms with E-state index in [9.17, 15) is 4.79 Å². The Bertz CT molecular complexity index is 770. The highest BCUT2D eigenvalue weighted by molar-refractivity contribution is 6.30. The number of hydrogen-bond donors (Lipinski definition) is 1. The van der Waals surface area contributed by atoms with Crippen molar-refractivity contribution in [3.63, 3.8) is 0 Å². The number of hydrogen-bond acceptors (Lipinski definition) is 3. The summed E-state index contributed by atoms with van der Waals surface area (Å²) in [5.74, 6) is 0.543. The number of benzene rings is 2. The SMILES string of the molecule is CN(C)CCOc1ccccc1C(=O)NCC1(c2ccc(Cl)cc2)CCC1. The molecule has 2 aromatic carbocycles. The minimum absolute atomic E-state index is 0.0149. The number of para-hydroxylation sites is 1. The molecule has 0 heterocycles. The molecule has 0 atom stereocenters. The first-order valence-electron chi connectivity index (χ1n) is 9.41. The Morgan fingerprint density at radius 1 is 1.15 bits per heavy atom. The van der Waals surface area contributed by atoms with Crippen LogP contribution in [0.2, 0.25) is 5.02 Å². The fourth-order valence-corrected chi connectivity index (χ4v) is 3.56. The van der Waals surface area contributed by atoms with Gasteiger partial charge >= 0.3 is 0 Å². The molecule has 0 radical (unpaired) electrons. The van der Waals surface area contributed by atoms with E-state index in [4.69, 9.17) is 16.3 Å². The van der Waals surface area contributed by atoms with Crippen LogP contribution < -0.4 is 10.1 Å². The molecule has 4 nitrogen and oxygen atoms in total. The van der Waals surface area contributed by atoms with Gasteiger partial charge in [0.15, 0.2) is 0 Å². The highest BCUT2D eigenvalue weighted by Crippen LogP contribution is 2.43. The Hall–Kier alpha value is -2.04. The van der Waals surface area contributed by atoms with E-state index < -0.39 is 0 Å².